The summed E-state index contributed by atoms with van der Waals surface area (Å²) in [5.41, 5.74) is 2.47. The Morgan fingerprint density at radius 3 is 2.57 bits per heavy atom. The van der Waals surface area contributed by atoms with Crippen molar-refractivity contribution in [1.29, 1.82) is 0 Å². The van der Waals surface area contributed by atoms with E-state index in [1.165, 1.54) is 11.3 Å². The number of hydrogen-bond acceptors (Lipinski definition) is 5. The van der Waals surface area contributed by atoms with Crippen LogP contribution in [0.25, 0.3) is 11.3 Å². The van der Waals surface area contributed by atoms with Gasteiger partial charge in [0.15, 0.2) is 0 Å². The van der Waals surface area contributed by atoms with Crippen LogP contribution in [0.2, 0.25) is 0 Å². The van der Waals surface area contributed by atoms with Gasteiger partial charge in [-0.1, -0.05) is 6.07 Å². The van der Waals surface area contributed by atoms with Crippen molar-refractivity contribution in [2.45, 2.75) is 17.7 Å². The van der Waals surface area contributed by atoms with E-state index >= 15 is 0 Å². The number of nitrogens with zero attached hydrogens (tertiary/aromatic N) is 2. The Morgan fingerprint density at radius 2 is 1.87 bits per heavy atom. The van der Waals surface area contributed by atoms with E-state index in [0.29, 0.717) is 4.21 Å². The molecular weight excluding hydrogens is 330 g/mol. The Bertz CT molecular complexity index is 906. The molecular formula is C16H15N3O2S2. The summed E-state index contributed by atoms with van der Waals surface area (Å²) >= 11 is 1.26. The molecule has 0 aromatic carbocycles. The van der Waals surface area contributed by atoms with Crippen molar-refractivity contribution in [3.05, 3.63) is 65.4 Å². The molecule has 0 atom stereocenters. The van der Waals surface area contributed by atoms with Crippen molar-refractivity contribution >= 4 is 21.4 Å². The van der Waals surface area contributed by atoms with E-state index in [1.807, 2.05) is 25.1 Å². The van der Waals surface area contributed by atoms with E-state index < -0.39 is 10.0 Å². The number of aromatic nitrogens is 2. The third kappa shape index (κ3) is 3.64. The normalized spacial score (nSPS) is 11.5. The molecule has 0 aliphatic carbocycles. The standard InChI is InChI=1S/C16H15N3O2S2/c1-12-4-5-15(22-12)23(20,21)19-11-14-3-2-8-18-16(14)13-6-9-17-10-7-13/h2-10,19H,11H2,1H3. The van der Waals surface area contributed by atoms with Gasteiger partial charge in [0.2, 0.25) is 10.0 Å². The van der Waals surface area contributed by atoms with Gasteiger partial charge in [0.05, 0.1) is 5.69 Å². The van der Waals surface area contributed by atoms with Gasteiger partial charge in [-0.2, -0.15) is 0 Å². The lowest BCUT2D eigenvalue weighted by Gasteiger charge is -2.09. The zero-order valence-electron chi connectivity index (χ0n) is 12.4. The van der Waals surface area contributed by atoms with Gasteiger partial charge in [0, 0.05) is 35.6 Å². The van der Waals surface area contributed by atoms with Gasteiger partial charge in [0.25, 0.3) is 0 Å². The number of hydrogen-bond donors (Lipinski definition) is 1. The number of nitrogens with one attached hydrogen (secondary N) is 1. The van der Waals surface area contributed by atoms with Gasteiger partial charge in [-0.25, -0.2) is 13.1 Å². The highest BCUT2D eigenvalue weighted by Crippen LogP contribution is 2.23. The van der Waals surface area contributed by atoms with Gasteiger partial charge in [0.1, 0.15) is 4.21 Å². The SMILES string of the molecule is Cc1ccc(S(=O)(=O)NCc2cccnc2-c2ccncc2)s1. The molecule has 3 aromatic heterocycles. The molecule has 0 saturated heterocycles. The number of sulfonamides is 1. The second-order valence-electron chi connectivity index (χ2n) is 4.94. The molecule has 0 unspecified atom stereocenters. The Kier molecular flexibility index (Phi) is 4.51. The maximum Gasteiger partial charge on any atom is 0.250 e. The third-order valence-electron chi connectivity index (χ3n) is 3.28. The summed E-state index contributed by atoms with van der Waals surface area (Å²) in [6, 6.07) is 10.8. The predicted molar refractivity (Wildman–Crippen MR) is 90.5 cm³/mol. The second-order valence-corrected chi connectivity index (χ2v) is 8.22. The average molecular weight is 345 g/mol. The molecule has 5 nitrogen and oxygen atoms in total. The summed E-state index contributed by atoms with van der Waals surface area (Å²) in [5, 5.41) is 0. The van der Waals surface area contributed by atoms with Crippen LogP contribution in [0.3, 0.4) is 0 Å². The first-order valence-electron chi connectivity index (χ1n) is 6.97. The highest BCUT2D eigenvalue weighted by molar-refractivity contribution is 7.91. The zero-order valence-corrected chi connectivity index (χ0v) is 14.1. The van der Waals surface area contributed by atoms with E-state index in [9.17, 15) is 8.42 Å². The van der Waals surface area contributed by atoms with Crippen molar-refractivity contribution in [3.8, 4) is 11.3 Å². The lowest BCUT2D eigenvalue weighted by atomic mass is 10.1. The minimum absolute atomic E-state index is 0.185. The minimum Gasteiger partial charge on any atom is -0.265 e. The second kappa shape index (κ2) is 6.57. The molecule has 0 amide bonds. The highest BCUT2D eigenvalue weighted by Gasteiger charge is 2.17. The van der Waals surface area contributed by atoms with Crippen molar-refractivity contribution < 1.29 is 8.42 Å². The van der Waals surface area contributed by atoms with E-state index in [2.05, 4.69) is 14.7 Å². The molecule has 118 valence electrons. The van der Waals surface area contributed by atoms with Gasteiger partial charge < -0.3 is 0 Å². The fourth-order valence-corrected chi connectivity index (χ4v) is 4.49. The van der Waals surface area contributed by atoms with Crippen LogP contribution >= 0.6 is 11.3 Å². The van der Waals surface area contributed by atoms with Gasteiger partial charge in [-0.05, 0) is 42.8 Å². The van der Waals surface area contributed by atoms with E-state index in [4.69, 9.17) is 0 Å². The summed E-state index contributed by atoms with van der Waals surface area (Å²) in [5.74, 6) is 0. The van der Waals surface area contributed by atoms with E-state index in [-0.39, 0.29) is 6.54 Å². The molecule has 0 fully saturated rings. The molecule has 0 bridgehead atoms. The molecule has 3 rings (SSSR count). The summed E-state index contributed by atoms with van der Waals surface area (Å²) < 4.78 is 27.6. The fourth-order valence-electron chi connectivity index (χ4n) is 2.15. The quantitative estimate of drug-likeness (QED) is 0.771. The number of thiophene rings is 1. The van der Waals surface area contributed by atoms with Gasteiger partial charge >= 0.3 is 0 Å². The number of rotatable bonds is 5. The lowest BCUT2D eigenvalue weighted by Crippen LogP contribution is -2.22. The predicted octanol–water partition coefficient (Wildman–Crippen LogP) is 2.99. The van der Waals surface area contributed by atoms with Crippen molar-refractivity contribution in [2.24, 2.45) is 0 Å². The molecule has 0 aliphatic heterocycles. The molecule has 0 spiro atoms. The van der Waals surface area contributed by atoms with Crippen LogP contribution in [-0.4, -0.2) is 18.4 Å². The largest absolute Gasteiger partial charge is 0.265 e. The molecule has 3 heterocycles. The van der Waals surface area contributed by atoms with Crippen molar-refractivity contribution in [2.75, 3.05) is 0 Å². The first-order chi connectivity index (χ1) is 11.1. The Hall–Kier alpha value is -2.09. The van der Waals surface area contributed by atoms with Gasteiger partial charge in [-0.15, -0.1) is 11.3 Å². The molecule has 7 heteroatoms. The van der Waals surface area contributed by atoms with Crippen LogP contribution in [0.5, 0.6) is 0 Å². The van der Waals surface area contributed by atoms with Crippen molar-refractivity contribution in [3.63, 3.8) is 0 Å². The van der Waals surface area contributed by atoms with Crippen LogP contribution in [0, 0.1) is 6.92 Å². The van der Waals surface area contributed by atoms with Crippen molar-refractivity contribution in [1.82, 2.24) is 14.7 Å². The molecule has 23 heavy (non-hydrogen) atoms. The third-order valence-corrected chi connectivity index (χ3v) is 6.17. The van der Waals surface area contributed by atoms with E-state index in [1.54, 1.807) is 36.8 Å². The zero-order chi connectivity index (χ0) is 16.3. The topological polar surface area (TPSA) is 72.0 Å². The Morgan fingerprint density at radius 1 is 1.09 bits per heavy atom. The van der Waals surface area contributed by atoms with Crippen LogP contribution in [-0.2, 0) is 16.6 Å². The van der Waals surface area contributed by atoms with E-state index in [0.717, 1.165) is 21.7 Å². The molecule has 0 saturated carbocycles. The summed E-state index contributed by atoms with van der Waals surface area (Å²) in [6.45, 7) is 2.07. The lowest BCUT2D eigenvalue weighted by molar-refractivity contribution is 0.583. The fraction of sp³-hybridized carbons (Fsp3) is 0.125. The van der Waals surface area contributed by atoms with Crippen LogP contribution < -0.4 is 4.72 Å². The molecule has 0 radical (unpaired) electrons. The first-order valence-corrected chi connectivity index (χ1v) is 9.26. The highest BCUT2D eigenvalue weighted by atomic mass is 32.2. The Balaban J connectivity index is 1.84. The summed E-state index contributed by atoms with van der Waals surface area (Å²) in [4.78, 5) is 9.32. The van der Waals surface area contributed by atoms with Crippen LogP contribution in [0.15, 0.2) is 59.2 Å². The van der Waals surface area contributed by atoms with Crippen LogP contribution in [0.1, 0.15) is 10.4 Å². The molecule has 0 aliphatic rings. The maximum absolute atomic E-state index is 12.3. The number of aryl methyl sites for hydroxylation is 1. The monoisotopic (exact) mass is 345 g/mol. The first kappa shape index (κ1) is 15.8. The average Bonchev–Trinajstić information content (AvgIpc) is 3.02. The maximum atomic E-state index is 12.3. The molecule has 1 N–H and O–H groups in total. The summed E-state index contributed by atoms with van der Waals surface area (Å²) in [6.07, 6.45) is 5.06. The summed E-state index contributed by atoms with van der Waals surface area (Å²) in [7, 11) is -3.51. The van der Waals surface area contributed by atoms with Gasteiger partial charge in [-0.3, -0.25) is 9.97 Å². The molecule has 3 aromatic rings. The van der Waals surface area contributed by atoms with Crippen LogP contribution in [0.4, 0.5) is 0 Å². The Labute approximate surface area is 139 Å². The smallest absolute Gasteiger partial charge is 0.250 e. The minimum atomic E-state index is -3.51. The number of pyridine rings is 2.